The second-order valence-electron chi connectivity index (χ2n) is 5.82. The van der Waals surface area contributed by atoms with E-state index in [1.54, 1.807) is 60.7 Å². The Bertz CT molecular complexity index is 974. The summed E-state index contributed by atoms with van der Waals surface area (Å²) >= 11 is 0. The third kappa shape index (κ3) is 3.75. The van der Waals surface area contributed by atoms with Crippen LogP contribution in [-0.2, 0) is 0 Å². The first kappa shape index (κ1) is 17.3. The van der Waals surface area contributed by atoms with Crippen molar-refractivity contribution in [1.29, 1.82) is 0 Å². The molecule has 0 atom stereocenters. The Hall–Kier alpha value is -3.53. The fourth-order valence-corrected chi connectivity index (χ4v) is 2.76. The quantitative estimate of drug-likeness (QED) is 0.527. The normalized spacial score (nSPS) is 10.3. The molecule has 0 saturated heterocycles. The molecule has 26 heavy (non-hydrogen) atoms. The van der Waals surface area contributed by atoms with Gasteiger partial charge < -0.3 is 5.11 Å². The SMILES string of the molecule is O=C(O)c1cccc(-c2ccccc2C(=O)CC(=O)c2ccccc2)c1. The van der Waals surface area contributed by atoms with Crippen LogP contribution in [0.3, 0.4) is 0 Å². The lowest BCUT2D eigenvalue weighted by Gasteiger charge is -2.09. The lowest BCUT2D eigenvalue weighted by molar-refractivity contribution is 0.0696. The first-order valence-corrected chi connectivity index (χ1v) is 8.10. The summed E-state index contributed by atoms with van der Waals surface area (Å²) < 4.78 is 0. The number of carbonyl (C=O) groups excluding carboxylic acids is 2. The molecule has 0 radical (unpaired) electrons. The van der Waals surface area contributed by atoms with Gasteiger partial charge in [-0.15, -0.1) is 0 Å². The number of rotatable bonds is 6. The molecule has 0 spiro atoms. The van der Waals surface area contributed by atoms with E-state index < -0.39 is 5.97 Å². The van der Waals surface area contributed by atoms with E-state index in [-0.39, 0.29) is 23.6 Å². The minimum absolute atomic E-state index is 0.144. The molecule has 0 saturated carbocycles. The van der Waals surface area contributed by atoms with Gasteiger partial charge in [0.2, 0.25) is 0 Å². The lowest BCUT2D eigenvalue weighted by Crippen LogP contribution is -2.09. The molecular formula is C22H16O4. The fraction of sp³-hybridized carbons (Fsp3) is 0.0455. The summed E-state index contributed by atoms with van der Waals surface area (Å²) in [6, 6.07) is 22.0. The third-order valence-corrected chi connectivity index (χ3v) is 4.06. The van der Waals surface area contributed by atoms with Crippen molar-refractivity contribution in [3.63, 3.8) is 0 Å². The maximum atomic E-state index is 12.7. The van der Waals surface area contributed by atoms with Gasteiger partial charge in [-0.25, -0.2) is 4.79 Å². The van der Waals surface area contributed by atoms with Crippen molar-refractivity contribution < 1.29 is 19.5 Å². The summed E-state index contributed by atoms with van der Waals surface area (Å²) in [4.78, 5) is 36.2. The van der Waals surface area contributed by atoms with Crippen LogP contribution in [0, 0.1) is 0 Å². The predicted octanol–water partition coefficient (Wildman–Crippen LogP) is 4.51. The second-order valence-corrected chi connectivity index (χ2v) is 5.82. The number of carbonyl (C=O) groups is 3. The number of aromatic carboxylic acids is 1. The smallest absolute Gasteiger partial charge is 0.335 e. The van der Waals surface area contributed by atoms with Crippen molar-refractivity contribution in [2.24, 2.45) is 0 Å². The minimum Gasteiger partial charge on any atom is -0.478 e. The van der Waals surface area contributed by atoms with E-state index in [1.165, 1.54) is 12.1 Å². The van der Waals surface area contributed by atoms with Gasteiger partial charge in [-0.3, -0.25) is 9.59 Å². The van der Waals surface area contributed by atoms with Crippen LogP contribution in [0.2, 0.25) is 0 Å². The Morgan fingerprint density at radius 2 is 1.35 bits per heavy atom. The molecule has 1 N–H and O–H groups in total. The van der Waals surface area contributed by atoms with Gasteiger partial charge in [0, 0.05) is 11.1 Å². The van der Waals surface area contributed by atoms with Crippen LogP contribution in [0.25, 0.3) is 11.1 Å². The van der Waals surface area contributed by atoms with Crippen LogP contribution in [0.1, 0.15) is 37.5 Å². The largest absolute Gasteiger partial charge is 0.478 e. The van der Waals surface area contributed by atoms with Gasteiger partial charge in [-0.2, -0.15) is 0 Å². The Balaban J connectivity index is 1.92. The molecule has 3 rings (SSSR count). The van der Waals surface area contributed by atoms with E-state index in [2.05, 4.69) is 0 Å². The summed E-state index contributed by atoms with van der Waals surface area (Å²) in [5.74, 6) is -1.57. The number of carboxylic acids is 1. The molecule has 0 aliphatic heterocycles. The molecule has 0 aliphatic carbocycles. The average Bonchev–Trinajstić information content (AvgIpc) is 2.68. The number of hydrogen-bond acceptors (Lipinski definition) is 3. The lowest BCUT2D eigenvalue weighted by atomic mass is 9.93. The zero-order valence-electron chi connectivity index (χ0n) is 13.9. The highest BCUT2D eigenvalue weighted by molar-refractivity contribution is 6.15. The van der Waals surface area contributed by atoms with E-state index in [1.807, 2.05) is 6.07 Å². The Morgan fingerprint density at radius 1 is 0.692 bits per heavy atom. The molecule has 0 amide bonds. The highest BCUT2D eigenvalue weighted by atomic mass is 16.4. The zero-order valence-corrected chi connectivity index (χ0v) is 13.9. The van der Waals surface area contributed by atoms with Crippen LogP contribution >= 0.6 is 0 Å². The summed E-state index contributed by atoms with van der Waals surface area (Å²) in [5, 5.41) is 9.17. The molecule has 0 heterocycles. The molecule has 0 bridgehead atoms. The summed E-state index contributed by atoms with van der Waals surface area (Å²) in [7, 11) is 0. The van der Waals surface area contributed by atoms with Crippen molar-refractivity contribution in [2.45, 2.75) is 6.42 Å². The number of benzene rings is 3. The van der Waals surface area contributed by atoms with Gasteiger partial charge in [0.15, 0.2) is 11.6 Å². The van der Waals surface area contributed by atoms with Crippen molar-refractivity contribution in [3.8, 4) is 11.1 Å². The zero-order chi connectivity index (χ0) is 18.5. The molecule has 4 heteroatoms. The molecule has 3 aromatic carbocycles. The van der Waals surface area contributed by atoms with Crippen LogP contribution < -0.4 is 0 Å². The number of ketones is 2. The molecule has 0 aliphatic rings. The highest BCUT2D eigenvalue weighted by Crippen LogP contribution is 2.26. The van der Waals surface area contributed by atoms with Crippen molar-refractivity contribution in [2.75, 3.05) is 0 Å². The Kier molecular flexibility index (Phi) is 5.04. The van der Waals surface area contributed by atoms with Gasteiger partial charge in [0.05, 0.1) is 12.0 Å². The maximum Gasteiger partial charge on any atom is 0.335 e. The first-order valence-electron chi connectivity index (χ1n) is 8.10. The summed E-state index contributed by atoms with van der Waals surface area (Å²) in [6.07, 6.45) is -0.236. The van der Waals surface area contributed by atoms with E-state index in [9.17, 15) is 14.4 Å². The van der Waals surface area contributed by atoms with Gasteiger partial charge in [0.25, 0.3) is 0 Å². The molecule has 0 aromatic heterocycles. The molecule has 128 valence electrons. The van der Waals surface area contributed by atoms with Crippen LogP contribution in [0.4, 0.5) is 0 Å². The third-order valence-electron chi connectivity index (χ3n) is 4.06. The molecule has 3 aromatic rings. The molecule has 4 nitrogen and oxygen atoms in total. The highest BCUT2D eigenvalue weighted by Gasteiger charge is 2.17. The van der Waals surface area contributed by atoms with E-state index >= 15 is 0 Å². The number of hydrogen-bond donors (Lipinski definition) is 1. The van der Waals surface area contributed by atoms with Crippen molar-refractivity contribution in [3.05, 3.63) is 95.6 Å². The van der Waals surface area contributed by atoms with E-state index in [0.29, 0.717) is 22.3 Å². The molecular weight excluding hydrogens is 328 g/mol. The Labute approximate surface area is 150 Å². The van der Waals surface area contributed by atoms with Crippen molar-refractivity contribution in [1.82, 2.24) is 0 Å². The minimum atomic E-state index is -1.03. The summed E-state index contributed by atoms with van der Waals surface area (Å²) in [5.41, 5.74) is 2.28. The van der Waals surface area contributed by atoms with Gasteiger partial charge >= 0.3 is 5.97 Å². The van der Waals surface area contributed by atoms with Crippen LogP contribution in [0.15, 0.2) is 78.9 Å². The van der Waals surface area contributed by atoms with E-state index in [0.717, 1.165) is 0 Å². The molecule has 0 unspecified atom stereocenters. The predicted molar refractivity (Wildman–Crippen MR) is 98.6 cm³/mol. The molecule has 0 fully saturated rings. The van der Waals surface area contributed by atoms with Crippen LogP contribution in [-0.4, -0.2) is 22.6 Å². The maximum absolute atomic E-state index is 12.7. The van der Waals surface area contributed by atoms with Crippen molar-refractivity contribution >= 4 is 17.5 Å². The standard InChI is InChI=1S/C22H16O4/c23-20(15-7-2-1-3-8-15)14-21(24)19-12-5-4-11-18(19)16-9-6-10-17(13-16)22(25)26/h1-13H,14H2,(H,25,26). The van der Waals surface area contributed by atoms with E-state index in [4.69, 9.17) is 5.11 Å². The van der Waals surface area contributed by atoms with Gasteiger partial charge in [-0.05, 0) is 23.3 Å². The second kappa shape index (κ2) is 7.57. The monoisotopic (exact) mass is 344 g/mol. The van der Waals surface area contributed by atoms with Gasteiger partial charge in [0.1, 0.15) is 0 Å². The average molecular weight is 344 g/mol. The number of carboxylic acid groups (broad SMARTS) is 1. The van der Waals surface area contributed by atoms with Gasteiger partial charge in [-0.1, -0.05) is 66.7 Å². The Morgan fingerprint density at radius 3 is 2.08 bits per heavy atom. The first-order chi connectivity index (χ1) is 12.6. The number of Topliss-reactive ketones (excluding diaryl/α,β-unsaturated/α-hetero) is 2. The van der Waals surface area contributed by atoms with Crippen LogP contribution in [0.5, 0.6) is 0 Å². The topological polar surface area (TPSA) is 71.4 Å². The fourth-order valence-electron chi connectivity index (χ4n) is 2.76. The summed E-state index contributed by atoms with van der Waals surface area (Å²) in [6.45, 7) is 0.